The fourth-order valence-electron chi connectivity index (χ4n) is 3.19. The first-order valence-corrected chi connectivity index (χ1v) is 10.1. The van der Waals surface area contributed by atoms with Gasteiger partial charge in [-0.3, -0.25) is 4.79 Å². The molecule has 4 rings (SSSR count). The molecule has 4 aromatic rings. The Bertz CT molecular complexity index is 1250. The molecule has 1 amide bonds. The largest absolute Gasteiger partial charge is 0.497 e. The van der Waals surface area contributed by atoms with Crippen LogP contribution in [-0.4, -0.2) is 27.8 Å². The van der Waals surface area contributed by atoms with Gasteiger partial charge in [-0.1, -0.05) is 35.9 Å². The summed E-state index contributed by atoms with van der Waals surface area (Å²) in [6, 6.07) is 20.4. The third-order valence-corrected chi connectivity index (χ3v) is 5.30. The average Bonchev–Trinajstić information content (AvgIpc) is 3.23. The summed E-state index contributed by atoms with van der Waals surface area (Å²) in [5.74, 6) is 0.913. The molecular formula is C24H21ClN4O2. The number of ether oxygens (including phenoxy) is 1. The molecule has 7 heteroatoms. The predicted molar refractivity (Wildman–Crippen MR) is 122 cm³/mol. The minimum absolute atomic E-state index is 0.0618. The third kappa shape index (κ3) is 4.29. The molecule has 0 saturated carbocycles. The van der Waals surface area contributed by atoms with Crippen molar-refractivity contribution in [2.75, 3.05) is 12.4 Å². The number of benzene rings is 3. The third-order valence-electron chi connectivity index (χ3n) is 5.06. The summed E-state index contributed by atoms with van der Waals surface area (Å²) < 4.78 is 6.87. The summed E-state index contributed by atoms with van der Waals surface area (Å²) in [7, 11) is 1.61. The van der Waals surface area contributed by atoms with Gasteiger partial charge in [-0.25, -0.2) is 9.67 Å². The Morgan fingerprint density at radius 1 is 1.03 bits per heavy atom. The normalized spacial score (nSPS) is 10.7. The number of nitrogens with zero attached hydrogens (tertiary/aromatic N) is 3. The first-order valence-electron chi connectivity index (χ1n) is 9.71. The molecule has 6 nitrogen and oxygen atoms in total. The molecule has 0 aliphatic heterocycles. The Morgan fingerprint density at radius 2 is 1.77 bits per heavy atom. The van der Waals surface area contributed by atoms with Crippen LogP contribution in [0.2, 0.25) is 5.02 Å². The number of hydrogen-bond donors (Lipinski definition) is 1. The second-order valence-corrected chi connectivity index (χ2v) is 7.52. The molecule has 0 radical (unpaired) electrons. The van der Waals surface area contributed by atoms with Crippen molar-refractivity contribution in [1.29, 1.82) is 0 Å². The molecule has 31 heavy (non-hydrogen) atoms. The van der Waals surface area contributed by atoms with Gasteiger partial charge in [-0.05, 0) is 67.4 Å². The molecule has 0 atom stereocenters. The number of amides is 1. The van der Waals surface area contributed by atoms with E-state index < -0.39 is 0 Å². The summed E-state index contributed by atoms with van der Waals surface area (Å²) in [6.45, 7) is 3.96. The molecule has 0 spiro atoms. The van der Waals surface area contributed by atoms with Gasteiger partial charge in [0.05, 0.1) is 12.8 Å². The van der Waals surface area contributed by atoms with Gasteiger partial charge in [0.2, 0.25) is 5.82 Å². The second-order valence-electron chi connectivity index (χ2n) is 7.08. The lowest BCUT2D eigenvalue weighted by atomic mass is 10.1. The highest BCUT2D eigenvalue weighted by molar-refractivity contribution is 6.30. The van der Waals surface area contributed by atoms with Crippen molar-refractivity contribution >= 4 is 23.2 Å². The van der Waals surface area contributed by atoms with Crippen LogP contribution < -0.4 is 10.1 Å². The molecule has 0 saturated heterocycles. The molecule has 0 aliphatic rings. The number of methoxy groups -OCH3 is 1. The van der Waals surface area contributed by atoms with E-state index in [1.165, 1.54) is 0 Å². The Morgan fingerprint density at radius 3 is 2.48 bits per heavy atom. The maximum atomic E-state index is 13.0. The van der Waals surface area contributed by atoms with Gasteiger partial charge in [0, 0.05) is 16.3 Å². The van der Waals surface area contributed by atoms with Gasteiger partial charge >= 0.3 is 0 Å². The summed E-state index contributed by atoms with van der Waals surface area (Å²) in [6.07, 6.45) is 0. The van der Waals surface area contributed by atoms with Gasteiger partial charge < -0.3 is 10.1 Å². The summed E-state index contributed by atoms with van der Waals surface area (Å²) in [5, 5.41) is 7.99. The highest BCUT2D eigenvalue weighted by atomic mass is 35.5. The van der Waals surface area contributed by atoms with E-state index in [1.807, 2.05) is 68.4 Å². The first kappa shape index (κ1) is 20.6. The minimum Gasteiger partial charge on any atom is -0.497 e. The van der Waals surface area contributed by atoms with Crippen LogP contribution in [0, 0.1) is 13.8 Å². The molecule has 1 heterocycles. The van der Waals surface area contributed by atoms with Crippen molar-refractivity contribution in [2.45, 2.75) is 13.8 Å². The smallest absolute Gasteiger partial charge is 0.295 e. The lowest BCUT2D eigenvalue weighted by Crippen LogP contribution is -2.15. The zero-order valence-corrected chi connectivity index (χ0v) is 18.1. The number of carbonyl (C=O) groups excluding carboxylic acids is 1. The lowest BCUT2D eigenvalue weighted by molar-refractivity contribution is 0.101. The second kappa shape index (κ2) is 8.62. The number of hydrogen-bond acceptors (Lipinski definition) is 4. The molecule has 0 unspecified atom stereocenters. The minimum atomic E-state index is -0.385. The van der Waals surface area contributed by atoms with E-state index in [-0.39, 0.29) is 11.7 Å². The molecule has 0 aliphatic carbocycles. The first-order chi connectivity index (χ1) is 15.0. The van der Waals surface area contributed by atoms with Crippen LogP contribution in [0.5, 0.6) is 5.75 Å². The van der Waals surface area contributed by atoms with E-state index >= 15 is 0 Å². The quantitative estimate of drug-likeness (QED) is 0.454. The zero-order chi connectivity index (χ0) is 22.0. The average molecular weight is 433 g/mol. The van der Waals surface area contributed by atoms with E-state index in [0.29, 0.717) is 10.8 Å². The van der Waals surface area contributed by atoms with E-state index in [1.54, 1.807) is 23.9 Å². The molecule has 1 aromatic heterocycles. The number of aromatic nitrogens is 3. The van der Waals surface area contributed by atoms with Gasteiger partial charge in [0.25, 0.3) is 5.91 Å². The van der Waals surface area contributed by atoms with Crippen LogP contribution in [0.15, 0.2) is 66.7 Å². The Kier molecular flexibility index (Phi) is 5.73. The number of halogens is 1. The van der Waals surface area contributed by atoms with Crippen molar-refractivity contribution in [3.8, 4) is 22.8 Å². The topological polar surface area (TPSA) is 69.0 Å². The van der Waals surface area contributed by atoms with Crippen molar-refractivity contribution in [1.82, 2.24) is 14.8 Å². The number of anilines is 1. The van der Waals surface area contributed by atoms with Crippen molar-refractivity contribution in [3.63, 3.8) is 0 Å². The van der Waals surface area contributed by atoms with Crippen molar-refractivity contribution in [3.05, 3.63) is 88.7 Å². The van der Waals surface area contributed by atoms with Crippen LogP contribution in [-0.2, 0) is 0 Å². The maximum Gasteiger partial charge on any atom is 0.295 e. The van der Waals surface area contributed by atoms with Gasteiger partial charge in [-0.2, -0.15) is 0 Å². The van der Waals surface area contributed by atoms with Crippen molar-refractivity contribution in [2.24, 2.45) is 0 Å². The molecule has 156 valence electrons. The SMILES string of the molecule is COc1ccc(-n2nc(C(=O)Nc3cccc(C)c3C)nc2-c2cccc(Cl)c2)cc1. The summed E-state index contributed by atoms with van der Waals surface area (Å²) in [5.41, 5.74) is 4.32. The Labute approximate surface area is 185 Å². The fraction of sp³-hybridized carbons (Fsp3) is 0.125. The number of rotatable bonds is 5. The Hall–Kier alpha value is -3.64. The van der Waals surface area contributed by atoms with E-state index in [9.17, 15) is 4.79 Å². The van der Waals surface area contributed by atoms with Crippen LogP contribution >= 0.6 is 11.6 Å². The molecular weight excluding hydrogens is 412 g/mol. The van der Waals surface area contributed by atoms with Crippen LogP contribution in [0.25, 0.3) is 17.1 Å². The van der Waals surface area contributed by atoms with Crippen LogP contribution in [0.4, 0.5) is 5.69 Å². The van der Waals surface area contributed by atoms with E-state index in [2.05, 4.69) is 15.4 Å². The molecule has 3 aromatic carbocycles. The zero-order valence-electron chi connectivity index (χ0n) is 17.4. The Balaban J connectivity index is 1.77. The van der Waals surface area contributed by atoms with Gasteiger partial charge in [0.1, 0.15) is 5.75 Å². The van der Waals surface area contributed by atoms with Crippen LogP contribution in [0.3, 0.4) is 0 Å². The van der Waals surface area contributed by atoms with E-state index in [4.69, 9.17) is 16.3 Å². The molecule has 0 bridgehead atoms. The summed E-state index contributed by atoms with van der Waals surface area (Å²) >= 11 is 6.19. The number of aryl methyl sites for hydroxylation is 1. The monoisotopic (exact) mass is 432 g/mol. The highest BCUT2D eigenvalue weighted by Crippen LogP contribution is 2.26. The highest BCUT2D eigenvalue weighted by Gasteiger charge is 2.20. The van der Waals surface area contributed by atoms with Crippen molar-refractivity contribution < 1.29 is 9.53 Å². The van der Waals surface area contributed by atoms with Crippen LogP contribution in [0.1, 0.15) is 21.7 Å². The lowest BCUT2D eigenvalue weighted by Gasteiger charge is -2.08. The number of nitrogens with one attached hydrogen (secondary N) is 1. The standard InChI is InChI=1S/C24H21ClN4O2/c1-15-6-4-9-21(16(15)2)26-24(30)22-27-23(17-7-5-8-18(25)14-17)29(28-22)19-10-12-20(31-3)13-11-19/h4-14H,1-3H3,(H,26,30). The molecule has 1 N–H and O–H groups in total. The fourth-order valence-corrected chi connectivity index (χ4v) is 3.38. The molecule has 0 fully saturated rings. The van der Waals surface area contributed by atoms with Gasteiger partial charge in [-0.15, -0.1) is 5.10 Å². The number of carbonyl (C=O) groups is 1. The summed E-state index contributed by atoms with van der Waals surface area (Å²) in [4.78, 5) is 17.5. The van der Waals surface area contributed by atoms with Gasteiger partial charge in [0.15, 0.2) is 5.82 Å². The maximum absolute atomic E-state index is 13.0. The van der Waals surface area contributed by atoms with E-state index in [0.717, 1.165) is 33.8 Å². The predicted octanol–water partition coefficient (Wildman–Crippen LogP) is 5.47.